The number of carbonyl (C=O) groups excluding carboxylic acids is 2. The predicted octanol–water partition coefficient (Wildman–Crippen LogP) is 2.51. The van der Waals surface area contributed by atoms with E-state index in [0.717, 1.165) is 15.6 Å². The number of halogens is 1. The van der Waals surface area contributed by atoms with Crippen LogP contribution < -0.4 is 0 Å². The number of hydrogen-bond acceptors (Lipinski definition) is 5. The van der Waals surface area contributed by atoms with Gasteiger partial charge in [0, 0.05) is 0 Å². The van der Waals surface area contributed by atoms with Crippen LogP contribution in [0.5, 0.6) is 0 Å². The van der Waals surface area contributed by atoms with Crippen LogP contribution in [-0.2, 0) is 26.9 Å². The molecule has 0 unspecified atom stereocenters. The second-order valence-electron chi connectivity index (χ2n) is 3.72. The molecule has 1 rings (SSSR count). The molecule has 0 amide bonds. The number of benzene rings is 1. The van der Waals surface area contributed by atoms with Crippen molar-refractivity contribution in [2.45, 2.75) is 20.3 Å². The third-order valence-electron chi connectivity index (χ3n) is 2.04. The van der Waals surface area contributed by atoms with Gasteiger partial charge >= 0.3 is 120 Å². The molecule has 0 saturated heterocycles. The second-order valence-corrected chi connectivity index (χ2v) is 7.09. The van der Waals surface area contributed by atoms with Gasteiger partial charge in [-0.05, 0) is 0 Å². The van der Waals surface area contributed by atoms with Crippen LogP contribution in [0.2, 0.25) is 0 Å². The molecule has 0 aliphatic carbocycles. The van der Waals surface area contributed by atoms with Gasteiger partial charge in [-0.1, -0.05) is 0 Å². The zero-order chi connectivity index (χ0) is 14.3. The van der Waals surface area contributed by atoms with Gasteiger partial charge in [0.2, 0.25) is 0 Å². The van der Waals surface area contributed by atoms with Crippen LogP contribution in [-0.4, -0.2) is 25.7 Å². The fourth-order valence-corrected chi connectivity index (χ4v) is 3.95. The third kappa shape index (κ3) is 6.02. The molecular weight excluding hydrogens is 363 g/mol. The molecule has 0 spiro atoms. The van der Waals surface area contributed by atoms with E-state index in [1.807, 2.05) is 24.3 Å². The Bertz CT molecular complexity index is 413. The van der Waals surface area contributed by atoms with Crippen molar-refractivity contribution >= 4 is 32.6 Å². The first-order valence-corrected chi connectivity index (χ1v) is 8.53. The molecular formula is C13H17IO5. The molecule has 0 aliphatic rings. The van der Waals surface area contributed by atoms with Crippen molar-refractivity contribution in [2.75, 3.05) is 13.7 Å². The molecule has 19 heavy (non-hydrogen) atoms. The summed E-state index contributed by atoms with van der Waals surface area (Å²) in [6.45, 7) is 3.26. The summed E-state index contributed by atoms with van der Waals surface area (Å²) in [7, 11) is 1.65. The van der Waals surface area contributed by atoms with E-state index in [9.17, 15) is 9.59 Å². The van der Waals surface area contributed by atoms with Gasteiger partial charge in [-0.25, -0.2) is 0 Å². The maximum absolute atomic E-state index is 11.0. The van der Waals surface area contributed by atoms with Gasteiger partial charge in [-0.3, -0.25) is 0 Å². The molecule has 0 N–H and O–H groups in total. The van der Waals surface area contributed by atoms with Crippen LogP contribution in [0, 0.1) is 3.57 Å². The van der Waals surface area contributed by atoms with Crippen molar-refractivity contribution in [1.82, 2.24) is 0 Å². The molecule has 5 nitrogen and oxygen atoms in total. The molecule has 0 atom stereocenters. The quantitative estimate of drug-likeness (QED) is 0.710. The standard InChI is InChI=1S/C13H17IO5/c1-10(15)18-14(19-11(2)16)13-6-4-12(5-7-13)8-9-17-3/h4-7H,8-9H2,1-3H3. The van der Waals surface area contributed by atoms with Crippen LogP contribution in [0.25, 0.3) is 0 Å². The molecule has 0 saturated carbocycles. The molecule has 0 aliphatic heterocycles. The molecule has 0 heterocycles. The summed E-state index contributed by atoms with van der Waals surface area (Å²) >= 11 is -2.68. The predicted molar refractivity (Wildman–Crippen MR) is 78.3 cm³/mol. The Morgan fingerprint density at radius 1 is 1.05 bits per heavy atom. The summed E-state index contributed by atoms with van der Waals surface area (Å²) in [5.41, 5.74) is 1.12. The number of rotatable bonds is 6. The molecule has 6 heteroatoms. The van der Waals surface area contributed by atoms with Crippen LogP contribution in [0.1, 0.15) is 19.4 Å². The van der Waals surface area contributed by atoms with Crippen molar-refractivity contribution in [2.24, 2.45) is 0 Å². The zero-order valence-corrected chi connectivity index (χ0v) is 13.3. The summed E-state index contributed by atoms with van der Waals surface area (Å²) in [6, 6.07) is 7.51. The molecule has 0 fully saturated rings. The van der Waals surface area contributed by atoms with Crippen molar-refractivity contribution < 1.29 is 20.5 Å². The number of ether oxygens (including phenoxy) is 1. The first-order chi connectivity index (χ1) is 9.02. The summed E-state index contributed by atoms with van der Waals surface area (Å²) in [6.07, 6.45) is 0.812. The summed E-state index contributed by atoms with van der Waals surface area (Å²) in [4.78, 5) is 22.1. The average Bonchev–Trinajstić information content (AvgIpc) is 2.35. The Kier molecular flexibility index (Phi) is 6.79. The zero-order valence-electron chi connectivity index (χ0n) is 11.1. The van der Waals surface area contributed by atoms with Gasteiger partial charge in [-0.15, -0.1) is 0 Å². The Labute approximate surface area is 120 Å². The van der Waals surface area contributed by atoms with E-state index < -0.39 is 32.6 Å². The topological polar surface area (TPSA) is 61.8 Å². The monoisotopic (exact) mass is 380 g/mol. The van der Waals surface area contributed by atoms with Gasteiger partial charge in [0.25, 0.3) is 0 Å². The van der Waals surface area contributed by atoms with Gasteiger partial charge in [-0.2, -0.15) is 0 Å². The Balaban J connectivity index is 2.77. The van der Waals surface area contributed by atoms with Crippen molar-refractivity contribution in [3.8, 4) is 0 Å². The van der Waals surface area contributed by atoms with E-state index >= 15 is 0 Å². The number of carbonyl (C=O) groups is 2. The van der Waals surface area contributed by atoms with Crippen LogP contribution in [0.3, 0.4) is 0 Å². The Hall–Kier alpha value is -1.15. The van der Waals surface area contributed by atoms with E-state index in [4.69, 9.17) is 10.9 Å². The fourth-order valence-electron chi connectivity index (χ4n) is 1.28. The van der Waals surface area contributed by atoms with E-state index in [0.29, 0.717) is 6.61 Å². The van der Waals surface area contributed by atoms with Crippen LogP contribution in [0.4, 0.5) is 0 Å². The molecule has 1 aromatic rings. The van der Waals surface area contributed by atoms with E-state index in [1.54, 1.807) is 7.11 Å². The van der Waals surface area contributed by atoms with Gasteiger partial charge < -0.3 is 0 Å². The van der Waals surface area contributed by atoms with Crippen molar-refractivity contribution in [3.05, 3.63) is 33.4 Å². The molecule has 0 aromatic heterocycles. The van der Waals surface area contributed by atoms with E-state index in [-0.39, 0.29) is 0 Å². The molecule has 0 bridgehead atoms. The van der Waals surface area contributed by atoms with Crippen molar-refractivity contribution in [1.29, 1.82) is 0 Å². The number of methoxy groups -OCH3 is 1. The summed E-state index contributed by atoms with van der Waals surface area (Å²) < 4.78 is 16.0. The SMILES string of the molecule is COCCc1ccc(I(OC(C)=O)OC(C)=O)cc1. The van der Waals surface area contributed by atoms with Gasteiger partial charge in [0.15, 0.2) is 0 Å². The van der Waals surface area contributed by atoms with Crippen LogP contribution in [0.15, 0.2) is 24.3 Å². The molecule has 1 aromatic carbocycles. The van der Waals surface area contributed by atoms with E-state index in [2.05, 4.69) is 0 Å². The van der Waals surface area contributed by atoms with Crippen molar-refractivity contribution in [3.63, 3.8) is 0 Å². The van der Waals surface area contributed by atoms with Gasteiger partial charge in [0.05, 0.1) is 0 Å². The summed E-state index contributed by atoms with van der Waals surface area (Å²) in [5.74, 6) is -0.871. The second kappa shape index (κ2) is 8.11. The molecule has 106 valence electrons. The van der Waals surface area contributed by atoms with E-state index in [1.165, 1.54) is 13.8 Å². The average molecular weight is 380 g/mol. The Morgan fingerprint density at radius 3 is 2.00 bits per heavy atom. The first kappa shape index (κ1) is 15.9. The fraction of sp³-hybridized carbons (Fsp3) is 0.385. The normalized spacial score (nSPS) is 10.8. The first-order valence-electron chi connectivity index (χ1n) is 5.69. The number of hydrogen-bond donors (Lipinski definition) is 0. The van der Waals surface area contributed by atoms with Crippen LogP contribution >= 0.6 is 20.6 Å². The Morgan fingerprint density at radius 2 is 1.58 bits per heavy atom. The summed E-state index contributed by atoms with van der Waals surface area (Å²) in [5, 5.41) is 0. The van der Waals surface area contributed by atoms with Gasteiger partial charge in [0.1, 0.15) is 0 Å². The maximum atomic E-state index is 11.0. The minimum absolute atomic E-state index is 0.435. The third-order valence-corrected chi connectivity index (χ3v) is 5.82. The molecule has 0 radical (unpaired) electrons. The minimum atomic E-state index is -2.68.